The third-order valence-corrected chi connectivity index (χ3v) is 4.32. The Balaban J connectivity index is 2.18. The van der Waals surface area contributed by atoms with Crippen molar-refractivity contribution >= 4 is 40.1 Å². The van der Waals surface area contributed by atoms with E-state index in [0.717, 1.165) is 22.0 Å². The second-order valence-electron chi connectivity index (χ2n) is 4.25. The summed E-state index contributed by atoms with van der Waals surface area (Å²) in [6.07, 6.45) is 3.46. The summed E-state index contributed by atoms with van der Waals surface area (Å²) in [6.45, 7) is 0.649. The fraction of sp³-hybridized carbons (Fsp3) is 0.462. The molecule has 1 aromatic carbocycles. The number of rotatable bonds is 4. The Labute approximate surface area is 120 Å². The van der Waals surface area contributed by atoms with E-state index in [9.17, 15) is 4.79 Å². The average molecular weight is 364 g/mol. The Morgan fingerprint density at radius 2 is 2.12 bits per heavy atom. The van der Waals surface area contributed by atoms with E-state index in [-0.39, 0.29) is 5.91 Å². The maximum atomic E-state index is 12.5. The first kappa shape index (κ1) is 13.1. The normalized spacial score (nSPS) is 15.4. The SMILES string of the molecule is O=C(c1ccccc1I)N(CCCl)C1CCC1. The van der Waals surface area contributed by atoms with E-state index in [4.69, 9.17) is 11.6 Å². The summed E-state index contributed by atoms with van der Waals surface area (Å²) in [4.78, 5) is 14.4. The summed E-state index contributed by atoms with van der Waals surface area (Å²) in [5.74, 6) is 0.631. The van der Waals surface area contributed by atoms with Crippen molar-refractivity contribution in [2.24, 2.45) is 0 Å². The molecule has 2 rings (SSSR count). The lowest BCUT2D eigenvalue weighted by Gasteiger charge is -2.37. The van der Waals surface area contributed by atoms with E-state index in [1.165, 1.54) is 6.42 Å². The second-order valence-corrected chi connectivity index (χ2v) is 5.79. The van der Waals surface area contributed by atoms with Gasteiger partial charge in [0.15, 0.2) is 0 Å². The zero-order valence-electron chi connectivity index (χ0n) is 9.53. The number of halogens is 2. The molecular formula is C13H15ClINO. The molecule has 92 valence electrons. The van der Waals surface area contributed by atoms with Gasteiger partial charge in [-0.15, -0.1) is 11.6 Å². The Morgan fingerprint density at radius 1 is 1.41 bits per heavy atom. The molecule has 4 heteroatoms. The Morgan fingerprint density at radius 3 is 2.65 bits per heavy atom. The molecule has 1 aliphatic carbocycles. The van der Waals surface area contributed by atoms with Gasteiger partial charge in [-0.3, -0.25) is 4.79 Å². The van der Waals surface area contributed by atoms with E-state index >= 15 is 0 Å². The number of nitrogens with zero attached hydrogens (tertiary/aromatic N) is 1. The molecule has 0 saturated heterocycles. The molecule has 0 spiro atoms. The summed E-state index contributed by atoms with van der Waals surface area (Å²) in [5.41, 5.74) is 0.796. The monoisotopic (exact) mass is 363 g/mol. The van der Waals surface area contributed by atoms with Gasteiger partial charge < -0.3 is 4.90 Å². The third kappa shape index (κ3) is 2.94. The van der Waals surface area contributed by atoms with Crippen molar-refractivity contribution < 1.29 is 4.79 Å². The van der Waals surface area contributed by atoms with Crippen LogP contribution in [0.3, 0.4) is 0 Å². The quantitative estimate of drug-likeness (QED) is 0.592. The van der Waals surface area contributed by atoms with Gasteiger partial charge in [-0.05, 0) is 54.0 Å². The number of hydrogen-bond donors (Lipinski definition) is 0. The summed E-state index contributed by atoms with van der Waals surface area (Å²) >= 11 is 8.01. The number of carbonyl (C=O) groups excluding carboxylic acids is 1. The highest BCUT2D eigenvalue weighted by molar-refractivity contribution is 14.1. The van der Waals surface area contributed by atoms with Gasteiger partial charge in [0.25, 0.3) is 5.91 Å². The molecule has 2 nitrogen and oxygen atoms in total. The van der Waals surface area contributed by atoms with Gasteiger partial charge in [0.1, 0.15) is 0 Å². The maximum Gasteiger partial charge on any atom is 0.255 e. The van der Waals surface area contributed by atoms with Crippen LogP contribution in [0, 0.1) is 3.57 Å². The molecule has 0 heterocycles. The zero-order valence-corrected chi connectivity index (χ0v) is 12.4. The van der Waals surface area contributed by atoms with Crippen molar-refractivity contribution in [2.75, 3.05) is 12.4 Å². The number of alkyl halides is 1. The van der Waals surface area contributed by atoms with E-state index in [1.54, 1.807) is 0 Å². The van der Waals surface area contributed by atoms with Crippen LogP contribution in [-0.4, -0.2) is 29.3 Å². The van der Waals surface area contributed by atoms with Crippen molar-refractivity contribution in [1.82, 2.24) is 4.90 Å². The highest BCUT2D eigenvalue weighted by Gasteiger charge is 2.29. The van der Waals surface area contributed by atoms with Crippen molar-refractivity contribution in [1.29, 1.82) is 0 Å². The summed E-state index contributed by atoms with van der Waals surface area (Å²) in [7, 11) is 0. The van der Waals surface area contributed by atoms with Gasteiger partial charge in [-0.2, -0.15) is 0 Å². The minimum atomic E-state index is 0.125. The molecule has 0 unspecified atom stereocenters. The standard InChI is InChI=1S/C13H15ClINO/c14-8-9-16(10-4-3-5-10)13(17)11-6-1-2-7-12(11)15/h1-2,6-7,10H,3-5,8-9H2. The van der Waals surface area contributed by atoms with Crippen LogP contribution in [-0.2, 0) is 0 Å². The minimum Gasteiger partial charge on any atom is -0.334 e. The van der Waals surface area contributed by atoms with Crippen molar-refractivity contribution in [2.45, 2.75) is 25.3 Å². The highest BCUT2D eigenvalue weighted by Crippen LogP contribution is 2.27. The van der Waals surface area contributed by atoms with Gasteiger partial charge in [-0.1, -0.05) is 12.1 Å². The third-order valence-electron chi connectivity index (χ3n) is 3.21. The lowest BCUT2D eigenvalue weighted by molar-refractivity contribution is 0.0597. The molecule has 0 bridgehead atoms. The van der Waals surface area contributed by atoms with E-state index in [1.807, 2.05) is 29.2 Å². The summed E-state index contributed by atoms with van der Waals surface area (Å²) in [6, 6.07) is 8.12. The first-order valence-corrected chi connectivity index (χ1v) is 7.47. The number of carbonyl (C=O) groups is 1. The maximum absolute atomic E-state index is 12.5. The Hall–Kier alpha value is -0.290. The molecule has 17 heavy (non-hydrogen) atoms. The average Bonchev–Trinajstić information content (AvgIpc) is 2.26. The molecule has 0 radical (unpaired) electrons. The first-order valence-electron chi connectivity index (χ1n) is 5.85. The van der Waals surface area contributed by atoms with Crippen molar-refractivity contribution in [3.63, 3.8) is 0 Å². The predicted molar refractivity (Wildman–Crippen MR) is 78.6 cm³/mol. The Kier molecular flexibility index (Phi) is 4.68. The molecule has 1 aliphatic rings. The van der Waals surface area contributed by atoms with E-state index < -0.39 is 0 Å². The van der Waals surface area contributed by atoms with Gasteiger partial charge in [0.2, 0.25) is 0 Å². The number of hydrogen-bond acceptors (Lipinski definition) is 1. The summed E-state index contributed by atoms with van der Waals surface area (Å²) < 4.78 is 1.01. The van der Waals surface area contributed by atoms with Crippen molar-refractivity contribution in [3.8, 4) is 0 Å². The van der Waals surface area contributed by atoms with Crippen LogP contribution in [0.4, 0.5) is 0 Å². The van der Waals surface area contributed by atoms with Crippen LogP contribution in [0.5, 0.6) is 0 Å². The summed E-state index contributed by atoms with van der Waals surface area (Å²) in [5, 5.41) is 0. The fourth-order valence-corrected chi connectivity index (χ4v) is 2.83. The molecule has 0 aliphatic heterocycles. The second kappa shape index (κ2) is 6.05. The predicted octanol–water partition coefficient (Wildman–Crippen LogP) is 3.52. The van der Waals surface area contributed by atoms with Crippen LogP contribution in [0.2, 0.25) is 0 Å². The smallest absolute Gasteiger partial charge is 0.255 e. The largest absolute Gasteiger partial charge is 0.334 e. The fourth-order valence-electron chi connectivity index (χ4n) is 2.03. The van der Waals surface area contributed by atoms with E-state index in [2.05, 4.69) is 22.6 Å². The lowest BCUT2D eigenvalue weighted by Crippen LogP contribution is -2.45. The minimum absolute atomic E-state index is 0.125. The molecule has 1 saturated carbocycles. The van der Waals surface area contributed by atoms with Gasteiger partial charge >= 0.3 is 0 Å². The van der Waals surface area contributed by atoms with Crippen LogP contribution in [0.25, 0.3) is 0 Å². The van der Waals surface area contributed by atoms with Crippen LogP contribution >= 0.6 is 34.2 Å². The zero-order chi connectivity index (χ0) is 12.3. The molecule has 1 amide bonds. The number of benzene rings is 1. The van der Waals surface area contributed by atoms with Gasteiger partial charge in [0, 0.05) is 22.0 Å². The Bertz CT molecular complexity index is 406. The van der Waals surface area contributed by atoms with Crippen LogP contribution < -0.4 is 0 Å². The van der Waals surface area contributed by atoms with Crippen LogP contribution in [0.1, 0.15) is 29.6 Å². The van der Waals surface area contributed by atoms with Gasteiger partial charge in [-0.25, -0.2) is 0 Å². The topological polar surface area (TPSA) is 20.3 Å². The van der Waals surface area contributed by atoms with E-state index in [0.29, 0.717) is 18.5 Å². The molecular weight excluding hydrogens is 349 g/mol. The molecule has 0 atom stereocenters. The van der Waals surface area contributed by atoms with Crippen molar-refractivity contribution in [3.05, 3.63) is 33.4 Å². The molecule has 1 fully saturated rings. The molecule has 1 aromatic rings. The molecule has 0 aromatic heterocycles. The number of amides is 1. The highest BCUT2D eigenvalue weighted by atomic mass is 127. The molecule has 0 N–H and O–H groups in total. The first-order chi connectivity index (χ1) is 8.24. The van der Waals surface area contributed by atoms with Crippen LogP contribution in [0.15, 0.2) is 24.3 Å². The lowest BCUT2D eigenvalue weighted by atomic mass is 9.91. The van der Waals surface area contributed by atoms with Gasteiger partial charge in [0.05, 0.1) is 5.56 Å².